The molecule has 3 rings (SSSR count). The number of carbonyl (C=O) groups is 2. The number of hydrogen-bond acceptors (Lipinski definition) is 5. The van der Waals surface area contributed by atoms with Gasteiger partial charge in [-0.25, -0.2) is 0 Å². The van der Waals surface area contributed by atoms with Crippen LogP contribution in [0, 0.1) is 5.41 Å². The summed E-state index contributed by atoms with van der Waals surface area (Å²) in [7, 11) is 0. The van der Waals surface area contributed by atoms with E-state index in [1.165, 1.54) is 4.80 Å². The Hall–Kier alpha value is -2.48. The molecule has 0 bridgehead atoms. The van der Waals surface area contributed by atoms with E-state index in [1.807, 2.05) is 6.92 Å². The fraction of sp³-hybridized carbons (Fsp3) is 0.438. The number of carboxylic acid groups (broad SMARTS) is 1. The summed E-state index contributed by atoms with van der Waals surface area (Å²) in [5.41, 5.74) is -0.0631. The zero-order chi connectivity index (χ0) is 18.0. The van der Waals surface area contributed by atoms with E-state index in [1.54, 1.807) is 24.3 Å². The summed E-state index contributed by atoms with van der Waals surface area (Å²) >= 11 is 5.86. The van der Waals surface area contributed by atoms with Crippen LogP contribution in [0.4, 0.5) is 0 Å². The number of aromatic nitrogens is 4. The Morgan fingerprint density at radius 1 is 1.36 bits per heavy atom. The molecule has 8 nitrogen and oxygen atoms in total. The Bertz CT molecular complexity index is 785. The lowest BCUT2D eigenvalue weighted by atomic mass is 10.1. The number of carbonyl (C=O) groups excluding carboxylic acids is 1. The molecule has 0 aliphatic heterocycles. The first-order chi connectivity index (χ1) is 11.9. The number of nitrogens with one attached hydrogen (secondary N) is 1. The van der Waals surface area contributed by atoms with E-state index in [0.29, 0.717) is 30.1 Å². The Labute approximate surface area is 149 Å². The van der Waals surface area contributed by atoms with Crippen molar-refractivity contribution in [1.29, 1.82) is 0 Å². The summed E-state index contributed by atoms with van der Waals surface area (Å²) in [5.74, 6) is -0.785. The standard InChI is InChI=1S/C16H18ClN5O3/c1-2-12(14(23)18-9-16(7-8-16)15(24)25)22-20-13(19-21-22)10-3-5-11(17)6-4-10/h3-6,12H,2,7-9H2,1H3,(H,18,23)(H,24,25). The Morgan fingerprint density at radius 3 is 2.60 bits per heavy atom. The number of aliphatic carboxylic acids is 1. The lowest BCUT2D eigenvalue weighted by Gasteiger charge is -2.16. The van der Waals surface area contributed by atoms with Crippen molar-refractivity contribution < 1.29 is 14.7 Å². The molecule has 1 fully saturated rings. The third-order valence-electron chi connectivity index (χ3n) is 4.41. The van der Waals surface area contributed by atoms with Crippen LogP contribution in [-0.2, 0) is 9.59 Å². The van der Waals surface area contributed by atoms with E-state index in [4.69, 9.17) is 11.6 Å². The Morgan fingerprint density at radius 2 is 2.04 bits per heavy atom. The average Bonchev–Trinajstić information content (AvgIpc) is 3.25. The molecule has 2 N–H and O–H groups in total. The van der Waals surface area contributed by atoms with Gasteiger partial charge in [0.2, 0.25) is 11.7 Å². The van der Waals surface area contributed by atoms with Gasteiger partial charge < -0.3 is 10.4 Å². The van der Waals surface area contributed by atoms with Gasteiger partial charge >= 0.3 is 5.97 Å². The molecule has 1 unspecified atom stereocenters. The predicted molar refractivity (Wildman–Crippen MR) is 89.9 cm³/mol. The number of benzene rings is 1. The van der Waals surface area contributed by atoms with Crippen LogP contribution in [0.1, 0.15) is 32.2 Å². The predicted octanol–water partition coefficient (Wildman–Crippen LogP) is 1.93. The molecule has 9 heteroatoms. The molecule has 1 atom stereocenters. The van der Waals surface area contributed by atoms with Crippen molar-refractivity contribution >= 4 is 23.5 Å². The number of nitrogens with zero attached hydrogens (tertiary/aromatic N) is 4. The van der Waals surface area contributed by atoms with Crippen molar-refractivity contribution in [2.24, 2.45) is 5.41 Å². The second-order valence-electron chi connectivity index (χ2n) is 6.17. The summed E-state index contributed by atoms with van der Waals surface area (Å²) in [6, 6.07) is 6.35. The van der Waals surface area contributed by atoms with Crippen molar-refractivity contribution in [2.45, 2.75) is 32.2 Å². The highest BCUT2D eigenvalue weighted by molar-refractivity contribution is 6.30. The smallest absolute Gasteiger partial charge is 0.311 e. The number of halogens is 1. The lowest BCUT2D eigenvalue weighted by Crippen LogP contribution is -2.39. The van der Waals surface area contributed by atoms with Crippen molar-refractivity contribution in [3.05, 3.63) is 29.3 Å². The molecule has 1 aliphatic rings. The van der Waals surface area contributed by atoms with Crippen LogP contribution in [0.2, 0.25) is 5.02 Å². The minimum absolute atomic E-state index is 0.121. The van der Waals surface area contributed by atoms with E-state index in [2.05, 4.69) is 20.7 Å². The molecule has 0 spiro atoms. The molecule has 1 aromatic heterocycles. The van der Waals surface area contributed by atoms with Crippen molar-refractivity contribution in [1.82, 2.24) is 25.5 Å². The minimum atomic E-state index is -0.871. The maximum absolute atomic E-state index is 12.4. The summed E-state index contributed by atoms with van der Waals surface area (Å²) in [4.78, 5) is 24.9. The van der Waals surface area contributed by atoms with E-state index in [0.717, 1.165) is 5.56 Å². The van der Waals surface area contributed by atoms with Crippen LogP contribution < -0.4 is 5.32 Å². The van der Waals surface area contributed by atoms with Crippen LogP contribution in [0.15, 0.2) is 24.3 Å². The highest BCUT2D eigenvalue weighted by atomic mass is 35.5. The first-order valence-corrected chi connectivity index (χ1v) is 8.39. The normalized spacial score (nSPS) is 16.2. The zero-order valence-corrected chi connectivity index (χ0v) is 14.4. The SMILES string of the molecule is CCC(C(=O)NCC1(C(=O)O)CC1)n1nnc(-c2ccc(Cl)cc2)n1. The highest BCUT2D eigenvalue weighted by Crippen LogP contribution is 2.45. The highest BCUT2D eigenvalue weighted by Gasteiger charge is 2.50. The monoisotopic (exact) mass is 363 g/mol. The van der Waals surface area contributed by atoms with Crippen LogP contribution in [0.3, 0.4) is 0 Å². The topological polar surface area (TPSA) is 110 Å². The van der Waals surface area contributed by atoms with E-state index in [9.17, 15) is 14.7 Å². The summed E-state index contributed by atoms with van der Waals surface area (Å²) in [5, 5.41) is 24.7. The van der Waals surface area contributed by atoms with Crippen LogP contribution in [0.25, 0.3) is 11.4 Å². The van der Waals surface area contributed by atoms with Gasteiger partial charge in [-0.3, -0.25) is 9.59 Å². The Balaban J connectivity index is 1.69. The molecule has 1 aromatic carbocycles. The van der Waals surface area contributed by atoms with Gasteiger partial charge in [0.05, 0.1) is 5.41 Å². The van der Waals surface area contributed by atoms with Crippen molar-refractivity contribution in [3.8, 4) is 11.4 Å². The average molecular weight is 364 g/mol. The van der Waals surface area contributed by atoms with Gasteiger partial charge in [-0.2, -0.15) is 4.80 Å². The molecule has 1 saturated carbocycles. The van der Waals surface area contributed by atoms with E-state index >= 15 is 0 Å². The maximum Gasteiger partial charge on any atom is 0.311 e. The quantitative estimate of drug-likeness (QED) is 0.777. The van der Waals surface area contributed by atoms with Crippen LogP contribution in [0.5, 0.6) is 0 Å². The van der Waals surface area contributed by atoms with Gasteiger partial charge in [0.1, 0.15) is 0 Å². The van der Waals surface area contributed by atoms with Crippen molar-refractivity contribution in [2.75, 3.05) is 6.54 Å². The zero-order valence-electron chi connectivity index (χ0n) is 13.6. The molecule has 132 valence electrons. The molecule has 0 saturated heterocycles. The molecule has 2 aromatic rings. The number of amides is 1. The third kappa shape index (κ3) is 3.63. The minimum Gasteiger partial charge on any atom is -0.481 e. The molecule has 1 aliphatic carbocycles. The molecule has 0 radical (unpaired) electrons. The van der Waals surface area contributed by atoms with Gasteiger partial charge in [0.25, 0.3) is 0 Å². The number of carboxylic acids is 1. The van der Waals surface area contributed by atoms with Gasteiger partial charge in [0.15, 0.2) is 6.04 Å². The fourth-order valence-corrected chi connectivity index (χ4v) is 2.64. The largest absolute Gasteiger partial charge is 0.481 e. The van der Waals surface area contributed by atoms with Crippen molar-refractivity contribution in [3.63, 3.8) is 0 Å². The van der Waals surface area contributed by atoms with Crippen LogP contribution >= 0.6 is 11.6 Å². The lowest BCUT2D eigenvalue weighted by molar-refractivity contribution is -0.143. The van der Waals surface area contributed by atoms with Gasteiger partial charge in [-0.15, -0.1) is 10.2 Å². The molecular weight excluding hydrogens is 346 g/mol. The summed E-state index contributed by atoms with van der Waals surface area (Å²) in [6.07, 6.45) is 1.63. The third-order valence-corrected chi connectivity index (χ3v) is 4.66. The van der Waals surface area contributed by atoms with Crippen LogP contribution in [-0.4, -0.2) is 43.7 Å². The molecule has 25 heavy (non-hydrogen) atoms. The molecular formula is C16H18ClN5O3. The van der Waals surface area contributed by atoms with E-state index < -0.39 is 17.4 Å². The molecule has 1 heterocycles. The van der Waals surface area contributed by atoms with Gasteiger partial charge in [-0.1, -0.05) is 18.5 Å². The van der Waals surface area contributed by atoms with E-state index in [-0.39, 0.29) is 12.5 Å². The van der Waals surface area contributed by atoms with Gasteiger partial charge in [0, 0.05) is 17.1 Å². The number of rotatable bonds is 7. The second kappa shape index (κ2) is 6.79. The first kappa shape index (κ1) is 17.3. The number of tetrazole rings is 1. The maximum atomic E-state index is 12.4. The fourth-order valence-electron chi connectivity index (χ4n) is 2.52. The summed E-state index contributed by atoms with van der Waals surface area (Å²) in [6.45, 7) is 1.95. The van der Waals surface area contributed by atoms with Gasteiger partial charge in [-0.05, 0) is 48.7 Å². The number of hydrogen-bond donors (Lipinski definition) is 2. The second-order valence-corrected chi connectivity index (χ2v) is 6.60. The first-order valence-electron chi connectivity index (χ1n) is 8.02. The Kier molecular flexibility index (Phi) is 4.71. The molecule has 1 amide bonds. The summed E-state index contributed by atoms with van der Waals surface area (Å²) < 4.78 is 0.